The fourth-order valence-corrected chi connectivity index (χ4v) is 2.47. The van der Waals surface area contributed by atoms with Crippen LogP contribution in [-0.2, 0) is 4.79 Å². The lowest BCUT2D eigenvalue weighted by atomic mass is 10.1. The first-order valence-electron chi connectivity index (χ1n) is 7.28. The van der Waals surface area contributed by atoms with Crippen LogP contribution < -0.4 is 10.1 Å². The Morgan fingerprint density at radius 2 is 2.25 bits per heavy atom. The molecule has 1 aliphatic heterocycles. The first-order valence-corrected chi connectivity index (χ1v) is 7.28. The summed E-state index contributed by atoms with van der Waals surface area (Å²) in [5, 5.41) is 3.29. The molecule has 0 radical (unpaired) electrons. The molecule has 1 N–H and O–H groups in total. The molecule has 0 spiro atoms. The second-order valence-corrected chi connectivity index (χ2v) is 5.51. The maximum absolute atomic E-state index is 12.2. The van der Waals surface area contributed by atoms with Crippen molar-refractivity contribution in [2.24, 2.45) is 0 Å². The van der Waals surface area contributed by atoms with Crippen molar-refractivity contribution < 1.29 is 9.53 Å². The molecule has 1 aromatic rings. The Labute approximate surface area is 121 Å². The number of carbonyl (C=O) groups excluding carboxylic acids is 1. The van der Waals surface area contributed by atoms with Crippen molar-refractivity contribution in [3.05, 3.63) is 29.3 Å². The minimum absolute atomic E-state index is 0.185. The summed E-state index contributed by atoms with van der Waals surface area (Å²) < 4.78 is 5.75. The lowest BCUT2D eigenvalue weighted by Gasteiger charge is -2.34. The van der Waals surface area contributed by atoms with Crippen LogP contribution >= 0.6 is 0 Å². The molecule has 0 saturated carbocycles. The monoisotopic (exact) mass is 276 g/mol. The van der Waals surface area contributed by atoms with E-state index in [2.05, 4.69) is 18.3 Å². The van der Waals surface area contributed by atoms with Crippen LogP contribution in [0, 0.1) is 13.8 Å². The Morgan fingerprint density at radius 3 is 3.00 bits per heavy atom. The van der Waals surface area contributed by atoms with Crippen LogP contribution in [0.1, 0.15) is 24.5 Å². The third kappa shape index (κ3) is 3.73. The van der Waals surface area contributed by atoms with E-state index in [1.54, 1.807) is 0 Å². The van der Waals surface area contributed by atoms with Crippen molar-refractivity contribution >= 4 is 5.91 Å². The third-order valence-electron chi connectivity index (χ3n) is 3.74. The van der Waals surface area contributed by atoms with Gasteiger partial charge in [0, 0.05) is 25.7 Å². The van der Waals surface area contributed by atoms with Gasteiger partial charge in [0.25, 0.3) is 0 Å². The third-order valence-corrected chi connectivity index (χ3v) is 3.74. The fraction of sp³-hybridized carbons (Fsp3) is 0.562. The molecular weight excluding hydrogens is 252 g/mol. The van der Waals surface area contributed by atoms with E-state index in [0.29, 0.717) is 13.0 Å². The second-order valence-electron chi connectivity index (χ2n) is 5.51. The quantitative estimate of drug-likeness (QED) is 0.913. The summed E-state index contributed by atoms with van der Waals surface area (Å²) in [5.41, 5.74) is 2.28. The molecule has 2 rings (SSSR count). The Balaban J connectivity index is 1.83. The van der Waals surface area contributed by atoms with E-state index < -0.39 is 0 Å². The number of nitrogens with one attached hydrogen (secondary N) is 1. The lowest BCUT2D eigenvalue weighted by molar-refractivity contribution is -0.134. The van der Waals surface area contributed by atoms with Gasteiger partial charge in [0.2, 0.25) is 5.91 Å². The van der Waals surface area contributed by atoms with Gasteiger partial charge in [0.1, 0.15) is 5.75 Å². The molecule has 4 heteroatoms. The van der Waals surface area contributed by atoms with Gasteiger partial charge < -0.3 is 15.0 Å². The summed E-state index contributed by atoms with van der Waals surface area (Å²) in [5.74, 6) is 1.07. The maximum atomic E-state index is 12.2. The van der Waals surface area contributed by atoms with Crippen molar-refractivity contribution in [2.45, 2.75) is 33.2 Å². The van der Waals surface area contributed by atoms with Crippen molar-refractivity contribution in [1.29, 1.82) is 0 Å². The highest BCUT2D eigenvalue weighted by Gasteiger charge is 2.22. The number of nitrogens with zero attached hydrogens (tertiary/aromatic N) is 1. The molecule has 0 unspecified atom stereocenters. The average molecular weight is 276 g/mol. The second kappa shape index (κ2) is 6.75. The Hall–Kier alpha value is -1.55. The summed E-state index contributed by atoms with van der Waals surface area (Å²) in [6.45, 7) is 9.14. The number of aryl methyl sites for hydroxylation is 2. The van der Waals surface area contributed by atoms with Gasteiger partial charge in [-0.2, -0.15) is 0 Å². The van der Waals surface area contributed by atoms with Gasteiger partial charge in [-0.25, -0.2) is 0 Å². The first kappa shape index (κ1) is 14.9. The molecule has 4 nitrogen and oxygen atoms in total. The summed E-state index contributed by atoms with van der Waals surface area (Å²) in [6, 6.07) is 6.41. The highest BCUT2D eigenvalue weighted by Crippen LogP contribution is 2.19. The van der Waals surface area contributed by atoms with E-state index in [0.717, 1.165) is 30.9 Å². The SMILES string of the molecule is Cc1ccc(C)c(OCCC(=O)N2CCNC[C@@H]2C)c1. The highest BCUT2D eigenvalue weighted by atomic mass is 16.5. The summed E-state index contributed by atoms with van der Waals surface area (Å²) in [6.07, 6.45) is 0.442. The zero-order valence-electron chi connectivity index (χ0n) is 12.6. The van der Waals surface area contributed by atoms with Crippen molar-refractivity contribution in [1.82, 2.24) is 10.2 Å². The van der Waals surface area contributed by atoms with Gasteiger partial charge in [-0.05, 0) is 38.0 Å². The first-order chi connectivity index (χ1) is 9.58. The van der Waals surface area contributed by atoms with Gasteiger partial charge in [0.15, 0.2) is 0 Å². The molecule has 1 heterocycles. The zero-order valence-corrected chi connectivity index (χ0v) is 12.6. The Kier molecular flexibility index (Phi) is 5.01. The summed E-state index contributed by atoms with van der Waals surface area (Å²) >= 11 is 0. The van der Waals surface area contributed by atoms with Crippen LogP contribution in [0.2, 0.25) is 0 Å². The van der Waals surface area contributed by atoms with Crippen LogP contribution in [0.5, 0.6) is 5.75 Å². The molecular formula is C16H24N2O2. The van der Waals surface area contributed by atoms with Gasteiger partial charge in [-0.3, -0.25) is 4.79 Å². The molecule has 0 aromatic heterocycles. The van der Waals surface area contributed by atoms with Gasteiger partial charge in [-0.1, -0.05) is 12.1 Å². The normalized spacial score (nSPS) is 18.9. The van der Waals surface area contributed by atoms with Gasteiger partial charge >= 0.3 is 0 Å². The maximum Gasteiger partial charge on any atom is 0.226 e. The number of hydrogen-bond acceptors (Lipinski definition) is 3. The van der Waals surface area contributed by atoms with Gasteiger partial charge in [0.05, 0.1) is 13.0 Å². The Bertz CT molecular complexity index is 474. The molecule has 110 valence electrons. The number of rotatable bonds is 4. The molecule has 0 aliphatic carbocycles. The predicted molar refractivity (Wildman–Crippen MR) is 80.1 cm³/mol. The molecule has 1 amide bonds. The number of amides is 1. The molecule has 1 aromatic carbocycles. The zero-order chi connectivity index (χ0) is 14.5. The number of benzene rings is 1. The van der Waals surface area contributed by atoms with Crippen LogP contribution in [0.15, 0.2) is 18.2 Å². The van der Waals surface area contributed by atoms with Crippen molar-refractivity contribution in [2.75, 3.05) is 26.2 Å². The van der Waals surface area contributed by atoms with Crippen LogP contribution in [0.3, 0.4) is 0 Å². The number of carbonyl (C=O) groups is 1. The number of hydrogen-bond donors (Lipinski definition) is 1. The minimum atomic E-state index is 0.185. The Morgan fingerprint density at radius 1 is 1.45 bits per heavy atom. The van der Waals surface area contributed by atoms with Gasteiger partial charge in [-0.15, -0.1) is 0 Å². The van der Waals surface area contributed by atoms with E-state index in [9.17, 15) is 4.79 Å². The molecule has 1 fully saturated rings. The number of ether oxygens (including phenoxy) is 1. The molecule has 1 atom stereocenters. The smallest absolute Gasteiger partial charge is 0.226 e. The van der Waals surface area contributed by atoms with E-state index in [1.807, 2.05) is 30.9 Å². The fourth-order valence-electron chi connectivity index (χ4n) is 2.47. The molecule has 20 heavy (non-hydrogen) atoms. The van der Waals surface area contributed by atoms with Crippen molar-refractivity contribution in [3.8, 4) is 5.75 Å². The largest absolute Gasteiger partial charge is 0.493 e. The van der Waals surface area contributed by atoms with E-state index in [4.69, 9.17) is 4.74 Å². The highest BCUT2D eigenvalue weighted by molar-refractivity contribution is 5.76. The van der Waals surface area contributed by atoms with E-state index >= 15 is 0 Å². The lowest BCUT2D eigenvalue weighted by Crippen LogP contribution is -2.52. The average Bonchev–Trinajstić information content (AvgIpc) is 2.43. The van der Waals surface area contributed by atoms with Crippen LogP contribution in [0.25, 0.3) is 0 Å². The van der Waals surface area contributed by atoms with Crippen molar-refractivity contribution in [3.63, 3.8) is 0 Å². The van der Waals surface area contributed by atoms with Crippen LogP contribution in [-0.4, -0.2) is 43.1 Å². The minimum Gasteiger partial charge on any atom is -0.493 e. The molecule has 1 saturated heterocycles. The van der Waals surface area contributed by atoms with Crippen LogP contribution in [0.4, 0.5) is 0 Å². The van der Waals surface area contributed by atoms with E-state index in [-0.39, 0.29) is 11.9 Å². The molecule has 0 bridgehead atoms. The number of piperazine rings is 1. The summed E-state index contributed by atoms with van der Waals surface area (Å²) in [4.78, 5) is 14.1. The standard InChI is InChI=1S/C16H24N2O2/c1-12-4-5-13(2)15(10-12)20-9-6-16(19)18-8-7-17-11-14(18)3/h4-5,10,14,17H,6-9,11H2,1-3H3/t14-/m0/s1. The topological polar surface area (TPSA) is 41.6 Å². The van der Waals surface area contributed by atoms with E-state index in [1.165, 1.54) is 5.56 Å². The summed E-state index contributed by atoms with van der Waals surface area (Å²) in [7, 11) is 0. The molecule has 1 aliphatic rings. The predicted octanol–water partition coefficient (Wildman–Crippen LogP) is 1.89.